The third-order valence-electron chi connectivity index (χ3n) is 5.66. The smallest absolute Gasteiger partial charge is 0.251 e. The Morgan fingerprint density at radius 1 is 0.968 bits per heavy atom. The van der Waals surface area contributed by atoms with E-state index >= 15 is 0 Å². The molecule has 4 nitrogen and oxygen atoms in total. The van der Waals surface area contributed by atoms with Gasteiger partial charge in [-0.05, 0) is 65.8 Å². The Hall–Kier alpha value is -3.47. The van der Waals surface area contributed by atoms with Crippen LogP contribution in [0, 0.1) is 11.7 Å². The van der Waals surface area contributed by atoms with Gasteiger partial charge in [0.25, 0.3) is 5.91 Å². The SMILES string of the molecule is O=C(NCc1ccc(F)cc1)c1cccc(-c2ccc(CC3CCCNC3=O)cc2)c1. The van der Waals surface area contributed by atoms with Gasteiger partial charge in [-0.15, -0.1) is 0 Å². The zero-order valence-electron chi connectivity index (χ0n) is 17.2. The van der Waals surface area contributed by atoms with Crippen LogP contribution in [0.4, 0.5) is 4.39 Å². The number of nitrogens with one attached hydrogen (secondary N) is 2. The van der Waals surface area contributed by atoms with Crippen molar-refractivity contribution in [3.63, 3.8) is 0 Å². The summed E-state index contributed by atoms with van der Waals surface area (Å²) in [5.74, 6) is -0.274. The third-order valence-corrected chi connectivity index (χ3v) is 5.66. The van der Waals surface area contributed by atoms with Gasteiger partial charge in [-0.3, -0.25) is 9.59 Å². The van der Waals surface area contributed by atoms with Crippen molar-refractivity contribution in [2.24, 2.45) is 5.92 Å². The number of carbonyl (C=O) groups excluding carboxylic acids is 2. The fraction of sp³-hybridized carbons (Fsp3) is 0.231. The summed E-state index contributed by atoms with van der Waals surface area (Å²) in [7, 11) is 0. The first-order valence-corrected chi connectivity index (χ1v) is 10.6. The van der Waals surface area contributed by atoms with E-state index < -0.39 is 0 Å². The quantitative estimate of drug-likeness (QED) is 0.622. The van der Waals surface area contributed by atoms with Crippen LogP contribution < -0.4 is 10.6 Å². The van der Waals surface area contributed by atoms with Gasteiger partial charge in [0.2, 0.25) is 5.91 Å². The topological polar surface area (TPSA) is 58.2 Å². The minimum absolute atomic E-state index is 0.0488. The summed E-state index contributed by atoms with van der Waals surface area (Å²) < 4.78 is 13.0. The van der Waals surface area contributed by atoms with Gasteiger partial charge in [0, 0.05) is 24.6 Å². The predicted octanol–water partition coefficient (Wildman–Crippen LogP) is 4.49. The number of hydrogen-bond donors (Lipinski definition) is 2. The Labute approximate surface area is 181 Å². The normalized spacial score (nSPS) is 15.9. The minimum Gasteiger partial charge on any atom is -0.356 e. The number of carbonyl (C=O) groups is 2. The lowest BCUT2D eigenvalue weighted by Gasteiger charge is -2.21. The molecule has 2 N–H and O–H groups in total. The molecule has 3 aromatic rings. The van der Waals surface area contributed by atoms with Crippen LogP contribution >= 0.6 is 0 Å². The molecule has 4 rings (SSSR count). The van der Waals surface area contributed by atoms with E-state index in [1.165, 1.54) is 12.1 Å². The van der Waals surface area contributed by atoms with Crippen LogP contribution in [0.3, 0.4) is 0 Å². The average molecular weight is 416 g/mol. The maximum absolute atomic E-state index is 13.0. The molecule has 3 aromatic carbocycles. The van der Waals surface area contributed by atoms with Crippen LogP contribution in [0.2, 0.25) is 0 Å². The first-order valence-electron chi connectivity index (χ1n) is 10.6. The summed E-state index contributed by atoms with van der Waals surface area (Å²) in [4.78, 5) is 24.5. The monoisotopic (exact) mass is 416 g/mol. The molecule has 1 unspecified atom stereocenters. The van der Waals surface area contributed by atoms with Gasteiger partial charge in [0.05, 0.1) is 0 Å². The van der Waals surface area contributed by atoms with Crippen molar-refractivity contribution >= 4 is 11.8 Å². The van der Waals surface area contributed by atoms with E-state index in [1.54, 1.807) is 18.2 Å². The Bertz CT molecular complexity index is 1060. The van der Waals surface area contributed by atoms with Crippen molar-refractivity contribution in [3.8, 4) is 11.1 Å². The molecule has 0 radical (unpaired) electrons. The summed E-state index contributed by atoms with van der Waals surface area (Å²) in [6.07, 6.45) is 2.71. The van der Waals surface area contributed by atoms with Crippen molar-refractivity contribution in [3.05, 3.63) is 95.3 Å². The molecular formula is C26H25FN2O2. The Morgan fingerprint density at radius 3 is 2.45 bits per heavy atom. The Kier molecular flexibility index (Phi) is 6.41. The first kappa shape index (κ1) is 20.8. The fourth-order valence-electron chi connectivity index (χ4n) is 3.87. The van der Waals surface area contributed by atoms with E-state index in [2.05, 4.69) is 22.8 Å². The molecule has 0 bridgehead atoms. The summed E-state index contributed by atoms with van der Waals surface area (Å²) in [6.45, 7) is 1.12. The average Bonchev–Trinajstić information content (AvgIpc) is 2.80. The molecule has 1 atom stereocenters. The van der Waals surface area contributed by atoms with E-state index in [9.17, 15) is 14.0 Å². The predicted molar refractivity (Wildman–Crippen MR) is 119 cm³/mol. The van der Waals surface area contributed by atoms with Crippen LogP contribution in [-0.4, -0.2) is 18.4 Å². The van der Waals surface area contributed by atoms with E-state index in [4.69, 9.17) is 0 Å². The zero-order chi connectivity index (χ0) is 21.6. The van der Waals surface area contributed by atoms with Gasteiger partial charge in [0.1, 0.15) is 5.82 Å². The van der Waals surface area contributed by atoms with Crippen LogP contribution in [0.25, 0.3) is 11.1 Å². The third kappa shape index (κ3) is 5.37. The zero-order valence-corrected chi connectivity index (χ0v) is 17.2. The van der Waals surface area contributed by atoms with Crippen LogP contribution in [0.1, 0.15) is 34.3 Å². The first-order chi connectivity index (χ1) is 15.1. The number of rotatable bonds is 6. The summed E-state index contributed by atoms with van der Waals surface area (Å²) in [6, 6.07) is 21.7. The van der Waals surface area contributed by atoms with Gasteiger partial charge < -0.3 is 10.6 Å². The lowest BCUT2D eigenvalue weighted by molar-refractivity contribution is -0.126. The van der Waals surface area contributed by atoms with Crippen LogP contribution in [0.5, 0.6) is 0 Å². The second kappa shape index (κ2) is 9.56. The van der Waals surface area contributed by atoms with Crippen molar-refractivity contribution in [1.29, 1.82) is 0 Å². The van der Waals surface area contributed by atoms with Gasteiger partial charge in [-0.2, -0.15) is 0 Å². The lowest BCUT2D eigenvalue weighted by atomic mass is 9.91. The molecule has 1 heterocycles. The standard InChI is InChI=1S/C26H25FN2O2/c27-24-12-8-19(9-13-24)17-29-26(31)23-4-1-3-21(16-23)20-10-6-18(7-11-20)15-22-5-2-14-28-25(22)30/h1,3-4,6-13,16,22H,2,5,14-15,17H2,(H,28,30)(H,29,31). The van der Waals surface area contributed by atoms with Crippen molar-refractivity contribution in [2.45, 2.75) is 25.8 Å². The molecule has 1 aliphatic heterocycles. The van der Waals surface area contributed by atoms with Gasteiger partial charge in [0.15, 0.2) is 0 Å². The second-order valence-corrected chi connectivity index (χ2v) is 7.92. The number of benzene rings is 3. The van der Waals surface area contributed by atoms with Crippen molar-refractivity contribution in [1.82, 2.24) is 10.6 Å². The summed E-state index contributed by atoms with van der Waals surface area (Å²) in [5, 5.41) is 5.81. The van der Waals surface area contributed by atoms with Crippen LogP contribution in [0.15, 0.2) is 72.8 Å². The molecular weight excluding hydrogens is 391 g/mol. The number of amides is 2. The number of halogens is 1. The minimum atomic E-state index is -0.296. The highest BCUT2D eigenvalue weighted by Crippen LogP contribution is 2.23. The van der Waals surface area contributed by atoms with Crippen molar-refractivity contribution in [2.75, 3.05) is 6.54 Å². The Balaban J connectivity index is 1.40. The van der Waals surface area contributed by atoms with Crippen molar-refractivity contribution < 1.29 is 14.0 Å². The highest BCUT2D eigenvalue weighted by atomic mass is 19.1. The molecule has 5 heteroatoms. The summed E-state index contributed by atoms with van der Waals surface area (Å²) >= 11 is 0. The number of hydrogen-bond acceptors (Lipinski definition) is 2. The molecule has 0 saturated carbocycles. The van der Waals surface area contributed by atoms with Gasteiger partial charge >= 0.3 is 0 Å². The fourth-order valence-corrected chi connectivity index (χ4v) is 3.87. The molecule has 158 valence electrons. The van der Waals surface area contributed by atoms with Gasteiger partial charge in [-0.1, -0.05) is 48.5 Å². The highest BCUT2D eigenvalue weighted by molar-refractivity contribution is 5.95. The maximum Gasteiger partial charge on any atom is 0.251 e. The maximum atomic E-state index is 13.0. The van der Waals surface area contributed by atoms with E-state index in [0.717, 1.165) is 48.1 Å². The molecule has 31 heavy (non-hydrogen) atoms. The molecule has 0 spiro atoms. The molecule has 0 aromatic heterocycles. The van der Waals surface area contributed by atoms with E-state index in [0.29, 0.717) is 12.1 Å². The van der Waals surface area contributed by atoms with E-state index in [1.807, 2.05) is 30.3 Å². The molecule has 1 fully saturated rings. The molecule has 0 aliphatic carbocycles. The Morgan fingerprint density at radius 2 is 1.71 bits per heavy atom. The summed E-state index contributed by atoms with van der Waals surface area (Å²) in [5.41, 5.74) is 4.52. The van der Waals surface area contributed by atoms with E-state index in [-0.39, 0.29) is 23.5 Å². The second-order valence-electron chi connectivity index (χ2n) is 7.92. The van der Waals surface area contributed by atoms with Crippen LogP contribution in [-0.2, 0) is 17.8 Å². The molecule has 2 amide bonds. The highest BCUT2D eigenvalue weighted by Gasteiger charge is 2.21. The number of piperidine rings is 1. The molecule has 1 aliphatic rings. The largest absolute Gasteiger partial charge is 0.356 e. The lowest BCUT2D eigenvalue weighted by Crippen LogP contribution is -2.37. The van der Waals surface area contributed by atoms with Gasteiger partial charge in [-0.25, -0.2) is 4.39 Å². The molecule has 1 saturated heterocycles.